The van der Waals surface area contributed by atoms with E-state index in [-0.39, 0.29) is 12.1 Å². The van der Waals surface area contributed by atoms with Crippen molar-refractivity contribution in [2.24, 2.45) is 5.73 Å². The molecule has 0 spiro atoms. The smallest absolute Gasteiger partial charge is 0.0919 e. The molecule has 2 atom stereocenters. The summed E-state index contributed by atoms with van der Waals surface area (Å²) in [5.41, 5.74) is 12.4. The molecule has 0 amide bonds. The molecule has 108 valence electrons. The van der Waals surface area contributed by atoms with Gasteiger partial charge in [-0.05, 0) is 45.2 Å². The first-order valence-corrected chi connectivity index (χ1v) is 7.32. The van der Waals surface area contributed by atoms with Crippen molar-refractivity contribution in [1.29, 1.82) is 0 Å². The molecule has 2 aromatic rings. The molecule has 20 heavy (non-hydrogen) atoms. The van der Waals surface area contributed by atoms with Gasteiger partial charge in [0.05, 0.1) is 11.7 Å². The number of aryl methyl sites for hydroxylation is 2. The van der Waals surface area contributed by atoms with Gasteiger partial charge >= 0.3 is 0 Å². The average Bonchev–Trinajstić information content (AvgIpc) is 2.67. The average molecular weight is 271 g/mol. The van der Waals surface area contributed by atoms with Crippen LogP contribution in [0.4, 0.5) is 0 Å². The summed E-state index contributed by atoms with van der Waals surface area (Å²) in [6, 6.07) is 8.69. The van der Waals surface area contributed by atoms with Crippen LogP contribution >= 0.6 is 0 Å². The molecule has 0 saturated carbocycles. The molecule has 2 N–H and O–H groups in total. The Morgan fingerprint density at radius 3 is 2.20 bits per heavy atom. The van der Waals surface area contributed by atoms with E-state index in [0.29, 0.717) is 0 Å². The molecule has 3 heteroatoms. The fourth-order valence-electron chi connectivity index (χ4n) is 2.91. The molecule has 0 aliphatic carbocycles. The summed E-state index contributed by atoms with van der Waals surface area (Å²) in [7, 11) is 0. The molecule has 0 bridgehead atoms. The van der Waals surface area contributed by atoms with Crippen molar-refractivity contribution in [3.8, 4) is 0 Å². The van der Waals surface area contributed by atoms with Crippen molar-refractivity contribution < 1.29 is 0 Å². The summed E-state index contributed by atoms with van der Waals surface area (Å²) in [4.78, 5) is 0. The van der Waals surface area contributed by atoms with Gasteiger partial charge in [-0.1, -0.05) is 36.8 Å². The standard InChI is InChI=1S/C17H25N3/c1-6-16-13(4)19-20(14(16)5)17(12(3)18)15-9-7-11(2)8-10-15/h7-10,12,17H,6,18H2,1-5H3. The van der Waals surface area contributed by atoms with Crippen molar-refractivity contribution in [3.63, 3.8) is 0 Å². The number of hydrogen-bond donors (Lipinski definition) is 1. The second kappa shape index (κ2) is 5.80. The van der Waals surface area contributed by atoms with Crippen LogP contribution in [0.15, 0.2) is 24.3 Å². The molecule has 1 aromatic heterocycles. The van der Waals surface area contributed by atoms with Gasteiger partial charge < -0.3 is 5.73 Å². The van der Waals surface area contributed by atoms with E-state index >= 15 is 0 Å². The number of nitrogens with zero attached hydrogens (tertiary/aromatic N) is 2. The van der Waals surface area contributed by atoms with Gasteiger partial charge in [-0.25, -0.2) is 0 Å². The van der Waals surface area contributed by atoms with E-state index in [1.165, 1.54) is 22.4 Å². The zero-order valence-electron chi connectivity index (χ0n) is 13.1. The van der Waals surface area contributed by atoms with Crippen LogP contribution in [-0.4, -0.2) is 15.8 Å². The number of nitrogens with two attached hydrogens (primary N) is 1. The quantitative estimate of drug-likeness (QED) is 0.927. The molecule has 0 aliphatic rings. The lowest BCUT2D eigenvalue weighted by atomic mass is 9.99. The Morgan fingerprint density at radius 2 is 1.75 bits per heavy atom. The lowest BCUT2D eigenvalue weighted by molar-refractivity contribution is 0.443. The van der Waals surface area contributed by atoms with Crippen LogP contribution in [-0.2, 0) is 6.42 Å². The van der Waals surface area contributed by atoms with E-state index in [4.69, 9.17) is 10.8 Å². The van der Waals surface area contributed by atoms with E-state index in [1.807, 2.05) is 6.92 Å². The van der Waals surface area contributed by atoms with Crippen molar-refractivity contribution in [2.75, 3.05) is 0 Å². The molecule has 0 saturated heterocycles. The second-order valence-corrected chi connectivity index (χ2v) is 5.66. The van der Waals surface area contributed by atoms with Crippen LogP contribution in [0.5, 0.6) is 0 Å². The Hall–Kier alpha value is -1.61. The summed E-state index contributed by atoms with van der Waals surface area (Å²) in [5.74, 6) is 0. The van der Waals surface area contributed by atoms with Gasteiger partial charge in [0, 0.05) is 11.7 Å². The summed E-state index contributed by atoms with van der Waals surface area (Å²) in [5, 5.41) is 4.74. The first-order valence-electron chi connectivity index (χ1n) is 7.32. The van der Waals surface area contributed by atoms with Crippen LogP contribution in [0.1, 0.15) is 48.0 Å². The zero-order valence-corrected chi connectivity index (χ0v) is 13.1. The Balaban J connectivity index is 2.52. The van der Waals surface area contributed by atoms with Gasteiger partial charge in [-0.2, -0.15) is 5.10 Å². The highest BCUT2D eigenvalue weighted by atomic mass is 15.3. The number of benzene rings is 1. The Bertz CT molecular complexity index is 579. The fraction of sp³-hybridized carbons (Fsp3) is 0.471. The fourth-order valence-corrected chi connectivity index (χ4v) is 2.91. The molecule has 1 heterocycles. The van der Waals surface area contributed by atoms with Gasteiger partial charge in [0.25, 0.3) is 0 Å². The largest absolute Gasteiger partial charge is 0.326 e. The maximum absolute atomic E-state index is 6.25. The van der Waals surface area contributed by atoms with Crippen LogP contribution in [0.25, 0.3) is 0 Å². The number of aromatic nitrogens is 2. The van der Waals surface area contributed by atoms with Gasteiger partial charge in [0.15, 0.2) is 0 Å². The first-order chi connectivity index (χ1) is 9.45. The molecule has 0 radical (unpaired) electrons. The zero-order chi connectivity index (χ0) is 14.9. The molecule has 3 nitrogen and oxygen atoms in total. The van der Waals surface area contributed by atoms with Crippen LogP contribution < -0.4 is 5.73 Å². The maximum atomic E-state index is 6.25. The lowest BCUT2D eigenvalue weighted by Gasteiger charge is -2.23. The van der Waals surface area contributed by atoms with Crippen molar-refractivity contribution in [1.82, 2.24) is 9.78 Å². The normalized spacial score (nSPS) is 14.3. The minimum Gasteiger partial charge on any atom is -0.326 e. The summed E-state index contributed by atoms with van der Waals surface area (Å²) in [6.45, 7) is 10.5. The van der Waals surface area contributed by atoms with Gasteiger partial charge in [-0.3, -0.25) is 4.68 Å². The van der Waals surface area contributed by atoms with Crippen LogP contribution in [0.3, 0.4) is 0 Å². The highest BCUT2D eigenvalue weighted by Gasteiger charge is 2.23. The molecule has 0 fully saturated rings. The van der Waals surface area contributed by atoms with E-state index in [1.54, 1.807) is 0 Å². The highest BCUT2D eigenvalue weighted by Crippen LogP contribution is 2.25. The Morgan fingerprint density at radius 1 is 1.15 bits per heavy atom. The van der Waals surface area contributed by atoms with E-state index in [9.17, 15) is 0 Å². The van der Waals surface area contributed by atoms with E-state index < -0.39 is 0 Å². The van der Waals surface area contributed by atoms with Gasteiger partial charge in [-0.15, -0.1) is 0 Å². The van der Waals surface area contributed by atoms with E-state index in [0.717, 1.165) is 12.1 Å². The molecule has 0 aliphatic heterocycles. The van der Waals surface area contributed by atoms with Gasteiger partial charge in [0.1, 0.15) is 0 Å². The lowest BCUT2D eigenvalue weighted by Crippen LogP contribution is -2.31. The van der Waals surface area contributed by atoms with E-state index in [2.05, 4.69) is 56.6 Å². The van der Waals surface area contributed by atoms with Crippen LogP contribution in [0, 0.1) is 20.8 Å². The SMILES string of the molecule is CCc1c(C)nn(C(c2ccc(C)cc2)C(C)N)c1C. The molecule has 2 rings (SSSR count). The van der Waals surface area contributed by atoms with Crippen molar-refractivity contribution in [2.45, 2.75) is 53.1 Å². The number of rotatable bonds is 4. The van der Waals surface area contributed by atoms with Gasteiger partial charge in [0.2, 0.25) is 0 Å². The minimum absolute atomic E-state index is 0.0143. The molecular formula is C17H25N3. The number of hydrogen-bond acceptors (Lipinski definition) is 2. The third kappa shape index (κ3) is 2.63. The topological polar surface area (TPSA) is 43.8 Å². The predicted molar refractivity (Wildman–Crippen MR) is 84.0 cm³/mol. The molecule has 2 unspecified atom stereocenters. The monoisotopic (exact) mass is 271 g/mol. The molecule has 1 aromatic carbocycles. The summed E-state index contributed by atoms with van der Waals surface area (Å²) in [6.07, 6.45) is 1.01. The van der Waals surface area contributed by atoms with Crippen molar-refractivity contribution >= 4 is 0 Å². The third-order valence-corrected chi connectivity index (χ3v) is 4.01. The maximum Gasteiger partial charge on any atom is 0.0919 e. The molecular weight excluding hydrogens is 246 g/mol. The van der Waals surface area contributed by atoms with Crippen molar-refractivity contribution in [3.05, 3.63) is 52.3 Å². The third-order valence-electron chi connectivity index (χ3n) is 4.01. The van der Waals surface area contributed by atoms with Crippen LogP contribution in [0.2, 0.25) is 0 Å². The summed E-state index contributed by atoms with van der Waals surface area (Å²) < 4.78 is 2.10. The predicted octanol–water partition coefficient (Wildman–Crippen LogP) is 3.31. The summed E-state index contributed by atoms with van der Waals surface area (Å²) >= 11 is 0. The Labute approximate surface area is 121 Å². The Kier molecular flexibility index (Phi) is 4.29. The minimum atomic E-state index is 0.0143. The second-order valence-electron chi connectivity index (χ2n) is 5.66. The first kappa shape index (κ1) is 14.8. The highest BCUT2D eigenvalue weighted by molar-refractivity contribution is 5.30.